The predicted octanol–water partition coefficient (Wildman–Crippen LogP) is 0.397. The van der Waals surface area contributed by atoms with Gasteiger partial charge in [-0.05, 0) is 18.9 Å². The van der Waals surface area contributed by atoms with Crippen LogP contribution in [0, 0.1) is 0 Å². The van der Waals surface area contributed by atoms with E-state index in [0.717, 1.165) is 24.2 Å². The molecule has 24 heavy (non-hydrogen) atoms. The van der Waals surface area contributed by atoms with Crippen LogP contribution >= 0.6 is 0 Å². The molecule has 3 heterocycles. The maximum Gasteiger partial charge on any atom is 0.164 e. The van der Waals surface area contributed by atoms with Crippen molar-refractivity contribution in [2.75, 3.05) is 11.9 Å². The average Bonchev–Trinajstić information content (AvgIpc) is 3.30. The Morgan fingerprint density at radius 1 is 1.21 bits per heavy atom. The monoisotopic (exact) mass is 334 g/mol. The quantitative estimate of drug-likeness (QED) is 0.640. The minimum absolute atomic E-state index is 0.350. The first-order valence-electron chi connectivity index (χ1n) is 8.39. The van der Waals surface area contributed by atoms with Gasteiger partial charge in [0.05, 0.1) is 18.5 Å². The molecule has 1 unspecified atom stereocenters. The average molecular weight is 334 g/mol. The number of hydrogen-bond donors (Lipinski definition) is 4. The molecule has 4 N–H and O–H groups in total. The molecule has 1 aliphatic carbocycles. The number of pyridine rings is 1. The van der Waals surface area contributed by atoms with E-state index in [4.69, 9.17) is 4.74 Å². The molecule has 0 radical (unpaired) electrons. The molecular weight excluding hydrogens is 312 g/mol. The van der Waals surface area contributed by atoms with Crippen LogP contribution in [0.5, 0.6) is 0 Å². The van der Waals surface area contributed by atoms with Gasteiger partial charge >= 0.3 is 0 Å². The molecule has 4 rings (SSSR count). The van der Waals surface area contributed by atoms with Gasteiger partial charge in [-0.25, -0.2) is 9.97 Å². The van der Waals surface area contributed by atoms with Crippen molar-refractivity contribution in [2.24, 2.45) is 0 Å². The minimum Gasteiger partial charge on any atom is -0.394 e. The molecule has 4 atom stereocenters. The van der Waals surface area contributed by atoms with Gasteiger partial charge < -0.3 is 29.9 Å². The standard InChI is InChI=1S/C16H22N4O4/c21-7-11-13(22)14(23)16(24-11)20-8-18-12-10(20)5-6-17-15(12)19-9-3-1-2-4-9/h5-6,8-9,11,13-14,16,21-23H,1-4,7H2,(H,17,19)/t11-,13-,14?,16-/m1/s1. The molecule has 1 saturated heterocycles. The summed E-state index contributed by atoms with van der Waals surface area (Å²) in [5.74, 6) is 0.727. The highest BCUT2D eigenvalue weighted by atomic mass is 16.6. The topological polar surface area (TPSA) is 113 Å². The van der Waals surface area contributed by atoms with Crippen LogP contribution < -0.4 is 5.32 Å². The van der Waals surface area contributed by atoms with Crippen molar-refractivity contribution in [1.29, 1.82) is 0 Å². The summed E-state index contributed by atoms with van der Waals surface area (Å²) in [6, 6.07) is 2.22. The fourth-order valence-corrected chi connectivity index (χ4v) is 3.64. The summed E-state index contributed by atoms with van der Waals surface area (Å²) in [7, 11) is 0. The fourth-order valence-electron chi connectivity index (χ4n) is 3.64. The zero-order valence-electron chi connectivity index (χ0n) is 13.2. The van der Waals surface area contributed by atoms with Crippen molar-refractivity contribution in [3.05, 3.63) is 18.6 Å². The van der Waals surface area contributed by atoms with E-state index in [1.54, 1.807) is 23.2 Å². The fraction of sp³-hybridized carbons (Fsp3) is 0.625. The summed E-state index contributed by atoms with van der Waals surface area (Å²) in [5, 5.41) is 32.9. The van der Waals surface area contributed by atoms with E-state index >= 15 is 0 Å². The number of aromatic nitrogens is 3. The van der Waals surface area contributed by atoms with Crippen LogP contribution in [0.25, 0.3) is 11.0 Å². The first-order valence-corrected chi connectivity index (χ1v) is 8.39. The Morgan fingerprint density at radius 2 is 2.00 bits per heavy atom. The van der Waals surface area contributed by atoms with E-state index in [9.17, 15) is 15.3 Å². The number of nitrogens with one attached hydrogen (secondary N) is 1. The lowest BCUT2D eigenvalue weighted by Crippen LogP contribution is -2.33. The zero-order chi connectivity index (χ0) is 16.7. The second-order valence-corrected chi connectivity index (χ2v) is 6.53. The van der Waals surface area contributed by atoms with Crippen LogP contribution in [-0.4, -0.2) is 60.8 Å². The molecule has 2 aliphatic rings. The van der Waals surface area contributed by atoms with Crippen molar-refractivity contribution >= 4 is 16.9 Å². The number of hydrogen-bond acceptors (Lipinski definition) is 7. The highest BCUT2D eigenvalue weighted by Gasteiger charge is 2.43. The van der Waals surface area contributed by atoms with Crippen molar-refractivity contribution in [3.63, 3.8) is 0 Å². The van der Waals surface area contributed by atoms with Gasteiger partial charge in [0, 0.05) is 12.2 Å². The molecule has 0 bridgehead atoms. The molecule has 0 amide bonds. The van der Waals surface area contributed by atoms with Crippen molar-refractivity contribution < 1.29 is 20.1 Å². The Balaban J connectivity index is 1.65. The third-order valence-electron chi connectivity index (χ3n) is 4.98. The summed E-state index contributed by atoms with van der Waals surface area (Å²) >= 11 is 0. The summed E-state index contributed by atoms with van der Waals surface area (Å²) in [6.45, 7) is -0.350. The summed E-state index contributed by atoms with van der Waals surface area (Å²) in [4.78, 5) is 8.81. The molecule has 2 fully saturated rings. The van der Waals surface area contributed by atoms with Gasteiger partial charge in [-0.15, -0.1) is 0 Å². The molecule has 2 aromatic heterocycles. The Labute approximate surface area is 139 Å². The Hall–Kier alpha value is -1.74. The molecule has 8 heteroatoms. The number of fused-ring (bicyclic) bond motifs is 1. The Bertz CT molecular complexity index is 715. The SMILES string of the molecule is OC[C@H]1O[C@@H](n2cnc3c(NC4CCCC4)nccc32)C(O)[C@@H]1O. The smallest absolute Gasteiger partial charge is 0.164 e. The molecule has 130 valence electrons. The van der Waals surface area contributed by atoms with Crippen molar-refractivity contribution in [3.8, 4) is 0 Å². The predicted molar refractivity (Wildman–Crippen MR) is 86.4 cm³/mol. The van der Waals surface area contributed by atoms with Crippen LogP contribution in [0.15, 0.2) is 18.6 Å². The molecule has 1 saturated carbocycles. The van der Waals surface area contributed by atoms with Gasteiger partial charge in [-0.1, -0.05) is 12.8 Å². The molecule has 1 aliphatic heterocycles. The van der Waals surface area contributed by atoms with Gasteiger partial charge in [0.1, 0.15) is 23.8 Å². The van der Waals surface area contributed by atoms with E-state index in [1.165, 1.54) is 12.8 Å². The summed E-state index contributed by atoms with van der Waals surface area (Å²) < 4.78 is 7.27. The van der Waals surface area contributed by atoms with Gasteiger partial charge in [-0.3, -0.25) is 0 Å². The van der Waals surface area contributed by atoms with Gasteiger partial charge in [0.15, 0.2) is 12.0 Å². The van der Waals surface area contributed by atoms with E-state index in [1.807, 2.05) is 0 Å². The molecular formula is C16H22N4O4. The number of rotatable bonds is 4. The van der Waals surface area contributed by atoms with Gasteiger partial charge in [0.25, 0.3) is 0 Å². The number of imidazole rings is 1. The van der Waals surface area contributed by atoms with Crippen LogP contribution in [0.2, 0.25) is 0 Å². The number of anilines is 1. The summed E-state index contributed by atoms with van der Waals surface area (Å²) in [6.07, 6.45) is 4.14. The van der Waals surface area contributed by atoms with E-state index in [0.29, 0.717) is 11.6 Å². The van der Waals surface area contributed by atoms with E-state index in [-0.39, 0.29) is 6.61 Å². The van der Waals surface area contributed by atoms with Crippen molar-refractivity contribution in [2.45, 2.75) is 56.3 Å². The Kier molecular flexibility index (Phi) is 4.13. The summed E-state index contributed by atoms with van der Waals surface area (Å²) in [5.41, 5.74) is 1.47. The lowest BCUT2D eigenvalue weighted by atomic mass is 10.1. The molecule has 2 aromatic rings. The van der Waals surface area contributed by atoms with E-state index in [2.05, 4.69) is 15.3 Å². The Morgan fingerprint density at radius 3 is 2.71 bits per heavy atom. The second-order valence-electron chi connectivity index (χ2n) is 6.53. The minimum atomic E-state index is -1.13. The number of ether oxygens (including phenoxy) is 1. The molecule has 0 spiro atoms. The number of nitrogens with zero attached hydrogens (tertiary/aromatic N) is 3. The van der Waals surface area contributed by atoms with E-state index < -0.39 is 24.5 Å². The van der Waals surface area contributed by atoms with Gasteiger partial charge in [0.2, 0.25) is 0 Å². The lowest BCUT2D eigenvalue weighted by Gasteiger charge is -2.17. The largest absolute Gasteiger partial charge is 0.394 e. The number of aliphatic hydroxyl groups excluding tert-OH is 3. The van der Waals surface area contributed by atoms with Crippen molar-refractivity contribution in [1.82, 2.24) is 14.5 Å². The maximum absolute atomic E-state index is 10.2. The van der Waals surface area contributed by atoms with Crippen LogP contribution in [0.3, 0.4) is 0 Å². The maximum atomic E-state index is 10.2. The first-order chi connectivity index (χ1) is 11.7. The second kappa shape index (κ2) is 6.29. The van der Waals surface area contributed by atoms with Crippen LogP contribution in [-0.2, 0) is 4.74 Å². The highest BCUT2D eigenvalue weighted by Crippen LogP contribution is 2.33. The lowest BCUT2D eigenvalue weighted by molar-refractivity contribution is -0.0508. The molecule has 0 aromatic carbocycles. The first kappa shape index (κ1) is 15.8. The third kappa shape index (κ3) is 2.55. The zero-order valence-corrected chi connectivity index (χ0v) is 13.2. The van der Waals surface area contributed by atoms with Crippen LogP contribution in [0.4, 0.5) is 5.82 Å². The number of aliphatic hydroxyl groups is 3. The molecule has 8 nitrogen and oxygen atoms in total. The normalized spacial score (nSPS) is 31.1. The highest BCUT2D eigenvalue weighted by molar-refractivity contribution is 5.86. The van der Waals surface area contributed by atoms with Crippen LogP contribution in [0.1, 0.15) is 31.9 Å². The third-order valence-corrected chi connectivity index (χ3v) is 4.98. The van der Waals surface area contributed by atoms with Gasteiger partial charge in [-0.2, -0.15) is 0 Å².